The zero-order valence-electron chi connectivity index (χ0n) is 9.19. The highest BCUT2D eigenvalue weighted by molar-refractivity contribution is 5.71. The Kier molecular flexibility index (Phi) is 2.34. The third kappa shape index (κ3) is 1.57. The van der Waals surface area contributed by atoms with Crippen LogP contribution in [0.1, 0.15) is 11.1 Å². The minimum Gasteiger partial charge on any atom is -0.0838 e. The van der Waals surface area contributed by atoms with Crippen LogP contribution in [0.3, 0.4) is 0 Å². The van der Waals surface area contributed by atoms with Gasteiger partial charge in [-0.15, -0.1) is 0 Å². The molecule has 16 heavy (non-hydrogen) atoms. The molecule has 1 aliphatic rings. The zero-order valence-corrected chi connectivity index (χ0v) is 9.19. The molecule has 0 spiro atoms. The molecule has 0 atom stereocenters. The molecule has 0 heterocycles. The molecule has 0 aliphatic heterocycles. The Morgan fingerprint density at radius 3 is 1.50 bits per heavy atom. The van der Waals surface area contributed by atoms with E-state index in [2.05, 4.69) is 60.7 Å². The third-order valence-electron chi connectivity index (χ3n) is 3.17. The first-order chi connectivity index (χ1) is 7.95. The average molecular weight is 206 g/mol. The summed E-state index contributed by atoms with van der Waals surface area (Å²) in [5.41, 5.74) is 5.63. The number of benzene rings is 2. The van der Waals surface area contributed by atoms with E-state index in [1.54, 1.807) is 0 Å². The maximum Gasteiger partial charge on any atom is -0.00912 e. The van der Waals surface area contributed by atoms with Crippen molar-refractivity contribution in [1.82, 2.24) is 0 Å². The fourth-order valence-electron chi connectivity index (χ4n) is 2.34. The van der Waals surface area contributed by atoms with E-state index < -0.39 is 0 Å². The Morgan fingerprint density at radius 2 is 1.00 bits per heavy atom. The van der Waals surface area contributed by atoms with Crippen LogP contribution in [0, 0.1) is 0 Å². The summed E-state index contributed by atoms with van der Waals surface area (Å²) in [6.45, 7) is 0. The molecule has 0 N–H and O–H groups in total. The van der Waals surface area contributed by atoms with Crippen molar-refractivity contribution in [3.8, 4) is 11.1 Å². The average Bonchev–Trinajstić information content (AvgIpc) is 2.33. The third-order valence-corrected chi connectivity index (χ3v) is 3.17. The smallest absolute Gasteiger partial charge is 0.00912 e. The quantitative estimate of drug-likeness (QED) is 0.571. The summed E-state index contributed by atoms with van der Waals surface area (Å²) in [5.74, 6) is 0. The van der Waals surface area contributed by atoms with Gasteiger partial charge in [0, 0.05) is 0 Å². The molecule has 0 radical (unpaired) electrons. The number of hydrogen-bond acceptors (Lipinski definition) is 0. The standard InChI is InChI=1S/C16H14/c1-2-8-14-10-4-6-12-16(14)15-11-5-3-9-13(15)7-1/h1-6,9-12H,7-8H2/b2-1-. The summed E-state index contributed by atoms with van der Waals surface area (Å²) in [7, 11) is 0. The summed E-state index contributed by atoms with van der Waals surface area (Å²) in [5, 5.41) is 0. The lowest BCUT2D eigenvalue weighted by molar-refractivity contribution is 1.18. The molecule has 1 aliphatic carbocycles. The number of hydrogen-bond donors (Lipinski definition) is 0. The van der Waals surface area contributed by atoms with E-state index in [1.165, 1.54) is 22.3 Å². The van der Waals surface area contributed by atoms with Crippen LogP contribution in [0.25, 0.3) is 11.1 Å². The van der Waals surface area contributed by atoms with Gasteiger partial charge in [-0.3, -0.25) is 0 Å². The predicted octanol–water partition coefficient (Wildman–Crippen LogP) is 4.01. The first-order valence-electron chi connectivity index (χ1n) is 5.76. The largest absolute Gasteiger partial charge is 0.0838 e. The van der Waals surface area contributed by atoms with E-state index in [9.17, 15) is 0 Å². The Hall–Kier alpha value is -1.82. The van der Waals surface area contributed by atoms with Crippen LogP contribution in [-0.4, -0.2) is 0 Å². The lowest BCUT2D eigenvalue weighted by Crippen LogP contribution is -1.95. The van der Waals surface area contributed by atoms with Crippen molar-refractivity contribution < 1.29 is 0 Å². The highest BCUT2D eigenvalue weighted by Crippen LogP contribution is 2.29. The molecule has 3 rings (SSSR count). The van der Waals surface area contributed by atoms with Crippen LogP contribution in [0.4, 0.5) is 0 Å². The van der Waals surface area contributed by atoms with Crippen LogP contribution in [0.5, 0.6) is 0 Å². The molecule has 0 saturated carbocycles. The van der Waals surface area contributed by atoms with Gasteiger partial charge in [-0.1, -0.05) is 60.7 Å². The molecule has 0 aromatic heterocycles. The Morgan fingerprint density at radius 1 is 0.562 bits per heavy atom. The molecule has 0 fully saturated rings. The van der Waals surface area contributed by atoms with Crippen LogP contribution in [0.2, 0.25) is 0 Å². The number of fused-ring (bicyclic) bond motifs is 3. The topological polar surface area (TPSA) is 0 Å². The Labute approximate surface area is 96.3 Å². The lowest BCUT2D eigenvalue weighted by Gasteiger charge is -2.14. The second-order valence-corrected chi connectivity index (χ2v) is 4.19. The molecule has 0 heteroatoms. The summed E-state index contributed by atoms with van der Waals surface area (Å²) in [4.78, 5) is 0. The van der Waals surface area contributed by atoms with Crippen molar-refractivity contribution in [2.75, 3.05) is 0 Å². The van der Waals surface area contributed by atoms with Gasteiger partial charge in [-0.05, 0) is 35.1 Å². The van der Waals surface area contributed by atoms with E-state index >= 15 is 0 Å². The van der Waals surface area contributed by atoms with E-state index in [4.69, 9.17) is 0 Å². The molecule has 2 aromatic rings. The van der Waals surface area contributed by atoms with Crippen molar-refractivity contribution in [1.29, 1.82) is 0 Å². The summed E-state index contributed by atoms with van der Waals surface area (Å²) < 4.78 is 0. The normalized spacial score (nSPS) is 15.5. The van der Waals surface area contributed by atoms with Gasteiger partial charge < -0.3 is 0 Å². The molecule has 0 nitrogen and oxygen atoms in total. The van der Waals surface area contributed by atoms with Crippen LogP contribution in [0.15, 0.2) is 60.7 Å². The van der Waals surface area contributed by atoms with Crippen molar-refractivity contribution >= 4 is 0 Å². The van der Waals surface area contributed by atoms with Gasteiger partial charge >= 0.3 is 0 Å². The van der Waals surface area contributed by atoms with E-state index in [-0.39, 0.29) is 0 Å². The lowest BCUT2D eigenvalue weighted by atomic mass is 9.91. The van der Waals surface area contributed by atoms with E-state index in [0.717, 1.165) is 12.8 Å². The molecule has 78 valence electrons. The highest BCUT2D eigenvalue weighted by Gasteiger charge is 2.08. The van der Waals surface area contributed by atoms with Crippen molar-refractivity contribution in [3.63, 3.8) is 0 Å². The summed E-state index contributed by atoms with van der Waals surface area (Å²) in [6.07, 6.45) is 6.64. The first kappa shape index (κ1) is 9.41. The minimum absolute atomic E-state index is 1.05. The SMILES string of the molecule is C1=C\Cc2ccccc2-c2ccccc2C/1. The van der Waals surface area contributed by atoms with E-state index in [0.29, 0.717) is 0 Å². The van der Waals surface area contributed by atoms with Crippen molar-refractivity contribution in [2.45, 2.75) is 12.8 Å². The van der Waals surface area contributed by atoms with E-state index in [1.807, 2.05) is 0 Å². The van der Waals surface area contributed by atoms with Gasteiger partial charge in [0.1, 0.15) is 0 Å². The zero-order chi connectivity index (χ0) is 10.8. The van der Waals surface area contributed by atoms with Crippen LogP contribution < -0.4 is 0 Å². The van der Waals surface area contributed by atoms with Gasteiger partial charge in [0.25, 0.3) is 0 Å². The number of rotatable bonds is 0. The van der Waals surface area contributed by atoms with Gasteiger partial charge in [0.15, 0.2) is 0 Å². The molecule has 0 bridgehead atoms. The maximum atomic E-state index is 2.27. The molecular formula is C16H14. The number of allylic oxidation sites excluding steroid dienone is 2. The first-order valence-corrected chi connectivity index (χ1v) is 5.76. The summed E-state index contributed by atoms with van der Waals surface area (Å²) >= 11 is 0. The Bertz CT molecular complexity index is 486. The molecular weight excluding hydrogens is 192 g/mol. The minimum atomic E-state index is 1.05. The monoisotopic (exact) mass is 206 g/mol. The fraction of sp³-hybridized carbons (Fsp3) is 0.125. The highest BCUT2D eigenvalue weighted by atomic mass is 14.1. The van der Waals surface area contributed by atoms with Gasteiger partial charge in [0.05, 0.1) is 0 Å². The molecule has 0 unspecified atom stereocenters. The van der Waals surface area contributed by atoms with Crippen molar-refractivity contribution in [2.24, 2.45) is 0 Å². The maximum absolute atomic E-state index is 2.27. The Balaban J connectivity index is 2.27. The van der Waals surface area contributed by atoms with Gasteiger partial charge in [-0.2, -0.15) is 0 Å². The molecule has 0 amide bonds. The predicted molar refractivity (Wildman–Crippen MR) is 68.4 cm³/mol. The van der Waals surface area contributed by atoms with Crippen LogP contribution >= 0.6 is 0 Å². The van der Waals surface area contributed by atoms with Crippen LogP contribution in [-0.2, 0) is 12.8 Å². The second-order valence-electron chi connectivity index (χ2n) is 4.19. The van der Waals surface area contributed by atoms with Crippen molar-refractivity contribution in [3.05, 3.63) is 71.8 Å². The molecule has 2 aromatic carbocycles. The van der Waals surface area contributed by atoms with Gasteiger partial charge in [-0.25, -0.2) is 0 Å². The fourth-order valence-corrected chi connectivity index (χ4v) is 2.34. The van der Waals surface area contributed by atoms with Gasteiger partial charge in [0.2, 0.25) is 0 Å². The molecule has 0 saturated heterocycles. The second kappa shape index (κ2) is 3.97. The summed E-state index contributed by atoms with van der Waals surface area (Å²) in [6, 6.07) is 17.4.